The van der Waals surface area contributed by atoms with Gasteiger partial charge in [0.15, 0.2) is 0 Å². The summed E-state index contributed by atoms with van der Waals surface area (Å²) in [5, 5.41) is 10.8. The normalized spacial score (nSPS) is 10.6. The molecule has 168 valence electrons. The predicted octanol–water partition coefficient (Wildman–Crippen LogP) is 5.53. The maximum absolute atomic E-state index is 11.8. The highest BCUT2D eigenvalue weighted by Crippen LogP contribution is 2.14. The van der Waals surface area contributed by atoms with Gasteiger partial charge in [-0.3, -0.25) is 19.7 Å². The number of esters is 2. The number of nitro groups is 1. The highest BCUT2D eigenvalue weighted by molar-refractivity contribution is 5.69. The van der Waals surface area contributed by atoms with Gasteiger partial charge in [-0.25, -0.2) is 0 Å². The molecule has 0 saturated carbocycles. The molecule has 0 heterocycles. The number of hydrogen-bond acceptors (Lipinski definition) is 6. The van der Waals surface area contributed by atoms with Crippen molar-refractivity contribution in [1.82, 2.24) is 0 Å². The van der Waals surface area contributed by atoms with Crippen LogP contribution in [0.1, 0.15) is 83.1 Å². The van der Waals surface area contributed by atoms with Crippen LogP contribution in [0.4, 0.5) is 5.69 Å². The van der Waals surface area contributed by atoms with Crippen molar-refractivity contribution in [1.29, 1.82) is 0 Å². The first-order valence-corrected chi connectivity index (χ1v) is 11.1. The lowest BCUT2D eigenvalue weighted by Gasteiger charge is -2.06. The van der Waals surface area contributed by atoms with E-state index in [-0.39, 0.29) is 24.2 Å². The molecule has 0 fully saturated rings. The Hall–Kier alpha value is -2.44. The van der Waals surface area contributed by atoms with Crippen molar-refractivity contribution in [3.8, 4) is 0 Å². The molecular weight excluding hydrogens is 386 g/mol. The SMILES string of the molecule is CCCCCOC(=O)CCCCCCCCC(=O)OCCc1cccc([N+](=O)[O-])c1. The van der Waals surface area contributed by atoms with Gasteiger partial charge in [-0.1, -0.05) is 57.6 Å². The van der Waals surface area contributed by atoms with E-state index in [9.17, 15) is 19.7 Å². The molecule has 0 aliphatic carbocycles. The van der Waals surface area contributed by atoms with Gasteiger partial charge in [0.05, 0.1) is 18.1 Å². The fourth-order valence-electron chi connectivity index (χ4n) is 3.04. The zero-order valence-electron chi connectivity index (χ0n) is 18.1. The van der Waals surface area contributed by atoms with Crippen molar-refractivity contribution in [3.63, 3.8) is 0 Å². The van der Waals surface area contributed by atoms with E-state index in [0.29, 0.717) is 25.9 Å². The fraction of sp³-hybridized carbons (Fsp3) is 0.652. The smallest absolute Gasteiger partial charge is 0.305 e. The maximum Gasteiger partial charge on any atom is 0.305 e. The van der Waals surface area contributed by atoms with Crippen LogP contribution in [0.25, 0.3) is 0 Å². The van der Waals surface area contributed by atoms with Gasteiger partial charge in [0.1, 0.15) is 0 Å². The number of non-ortho nitro benzene ring substituents is 1. The molecule has 0 saturated heterocycles. The number of nitrogens with zero attached hydrogens (tertiary/aromatic N) is 1. The van der Waals surface area contributed by atoms with E-state index in [2.05, 4.69) is 6.92 Å². The molecule has 0 spiro atoms. The van der Waals surface area contributed by atoms with E-state index in [4.69, 9.17) is 9.47 Å². The monoisotopic (exact) mass is 421 g/mol. The third-order valence-corrected chi connectivity index (χ3v) is 4.80. The Bertz CT molecular complexity index is 646. The van der Waals surface area contributed by atoms with Crippen LogP contribution in [0.3, 0.4) is 0 Å². The first-order chi connectivity index (χ1) is 14.5. The molecule has 1 aromatic carbocycles. The van der Waals surface area contributed by atoms with Gasteiger partial charge in [0.2, 0.25) is 0 Å². The lowest BCUT2D eigenvalue weighted by atomic mass is 10.1. The minimum absolute atomic E-state index is 0.0442. The molecule has 0 atom stereocenters. The first-order valence-electron chi connectivity index (χ1n) is 11.1. The molecule has 0 aliphatic rings. The molecule has 0 unspecified atom stereocenters. The summed E-state index contributed by atoms with van der Waals surface area (Å²) in [4.78, 5) is 33.6. The van der Waals surface area contributed by atoms with Gasteiger partial charge in [0.25, 0.3) is 5.69 Å². The van der Waals surface area contributed by atoms with E-state index in [0.717, 1.165) is 63.4 Å². The maximum atomic E-state index is 11.8. The van der Waals surface area contributed by atoms with Gasteiger partial charge in [0, 0.05) is 31.4 Å². The molecular formula is C23H35NO6. The number of unbranched alkanes of at least 4 members (excludes halogenated alkanes) is 7. The van der Waals surface area contributed by atoms with E-state index in [1.165, 1.54) is 12.1 Å². The van der Waals surface area contributed by atoms with E-state index >= 15 is 0 Å². The van der Waals surface area contributed by atoms with Crippen LogP contribution in [0.15, 0.2) is 24.3 Å². The van der Waals surface area contributed by atoms with E-state index in [1.54, 1.807) is 12.1 Å². The molecule has 0 N–H and O–H groups in total. The van der Waals surface area contributed by atoms with Gasteiger partial charge >= 0.3 is 11.9 Å². The van der Waals surface area contributed by atoms with Gasteiger partial charge in [-0.15, -0.1) is 0 Å². The lowest BCUT2D eigenvalue weighted by Crippen LogP contribution is -2.07. The molecule has 0 amide bonds. The van der Waals surface area contributed by atoms with Crippen molar-refractivity contribution >= 4 is 17.6 Å². The standard InChI is InChI=1S/C23H35NO6/c1-2-3-10-17-29-22(25)14-8-6-4-5-7-9-15-23(26)30-18-16-20-12-11-13-21(19-20)24(27)28/h11-13,19H,2-10,14-18H2,1H3. The number of nitro benzene ring substituents is 1. The van der Waals surface area contributed by atoms with Gasteiger partial charge in [-0.05, 0) is 24.8 Å². The number of benzene rings is 1. The predicted molar refractivity (Wildman–Crippen MR) is 115 cm³/mol. The second kappa shape index (κ2) is 16.4. The Kier molecular flexibility index (Phi) is 14.0. The van der Waals surface area contributed by atoms with Crippen LogP contribution in [-0.4, -0.2) is 30.1 Å². The Morgan fingerprint density at radius 2 is 1.47 bits per heavy atom. The highest BCUT2D eigenvalue weighted by Gasteiger charge is 2.07. The average Bonchev–Trinajstić information content (AvgIpc) is 2.73. The zero-order valence-corrected chi connectivity index (χ0v) is 18.1. The molecule has 0 radical (unpaired) electrons. The fourth-order valence-corrected chi connectivity index (χ4v) is 3.04. The summed E-state index contributed by atoms with van der Waals surface area (Å²) in [5.74, 6) is -0.329. The summed E-state index contributed by atoms with van der Waals surface area (Å²) in [7, 11) is 0. The van der Waals surface area contributed by atoms with Crippen LogP contribution in [0.5, 0.6) is 0 Å². The highest BCUT2D eigenvalue weighted by atomic mass is 16.6. The lowest BCUT2D eigenvalue weighted by molar-refractivity contribution is -0.384. The van der Waals surface area contributed by atoms with E-state index in [1.807, 2.05) is 0 Å². The quantitative estimate of drug-likeness (QED) is 0.142. The van der Waals surface area contributed by atoms with Crippen LogP contribution in [-0.2, 0) is 25.5 Å². The Morgan fingerprint density at radius 1 is 0.867 bits per heavy atom. The minimum Gasteiger partial charge on any atom is -0.466 e. The van der Waals surface area contributed by atoms with Crippen molar-refractivity contribution in [2.24, 2.45) is 0 Å². The third-order valence-electron chi connectivity index (χ3n) is 4.80. The van der Waals surface area contributed by atoms with Gasteiger partial charge in [-0.2, -0.15) is 0 Å². The molecule has 30 heavy (non-hydrogen) atoms. The molecule has 0 aliphatic heterocycles. The topological polar surface area (TPSA) is 95.7 Å². The molecule has 7 nitrogen and oxygen atoms in total. The van der Waals surface area contributed by atoms with Crippen LogP contribution in [0, 0.1) is 10.1 Å². The van der Waals surface area contributed by atoms with Crippen molar-refractivity contribution in [3.05, 3.63) is 39.9 Å². The molecule has 0 aromatic heterocycles. The van der Waals surface area contributed by atoms with Crippen molar-refractivity contribution < 1.29 is 24.0 Å². The Morgan fingerprint density at radius 3 is 2.07 bits per heavy atom. The number of hydrogen-bond donors (Lipinski definition) is 0. The summed E-state index contributed by atoms with van der Waals surface area (Å²) >= 11 is 0. The summed E-state index contributed by atoms with van der Waals surface area (Å²) in [6, 6.07) is 6.36. The summed E-state index contributed by atoms with van der Waals surface area (Å²) in [6.45, 7) is 2.89. The van der Waals surface area contributed by atoms with Crippen LogP contribution < -0.4 is 0 Å². The molecule has 1 rings (SSSR count). The summed E-state index contributed by atoms with van der Waals surface area (Å²) in [6.07, 6.45) is 10.2. The summed E-state index contributed by atoms with van der Waals surface area (Å²) in [5.41, 5.74) is 0.824. The molecule has 1 aromatic rings. The minimum atomic E-state index is -0.435. The zero-order chi connectivity index (χ0) is 22.0. The largest absolute Gasteiger partial charge is 0.466 e. The van der Waals surface area contributed by atoms with Crippen LogP contribution >= 0.6 is 0 Å². The van der Waals surface area contributed by atoms with Crippen LogP contribution in [0.2, 0.25) is 0 Å². The summed E-state index contributed by atoms with van der Waals surface area (Å²) < 4.78 is 10.4. The number of ether oxygens (including phenoxy) is 2. The number of carbonyl (C=O) groups excluding carboxylic acids is 2. The van der Waals surface area contributed by atoms with Gasteiger partial charge < -0.3 is 9.47 Å². The van der Waals surface area contributed by atoms with Crippen molar-refractivity contribution in [2.75, 3.05) is 13.2 Å². The van der Waals surface area contributed by atoms with Crippen molar-refractivity contribution in [2.45, 2.75) is 84.0 Å². The second-order valence-electron chi connectivity index (χ2n) is 7.45. The Balaban J connectivity index is 1.95. The third kappa shape index (κ3) is 12.9. The number of rotatable bonds is 17. The molecule has 0 bridgehead atoms. The average molecular weight is 422 g/mol. The molecule has 7 heteroatoms. The number of carbonyl (C=O) groups is 2. The second-order valence-corrected chi connectivity index (χ2v) is 7.45. The Labute approximate surface area is 179 Å². The first kappa shape index (κ1) is 25.6. The van der Waals surface area contributed by atoms with E-state index < -0.39 is 4.92 Å².